The summed E-state index contributed by atoms with van der Waals surface area (Å²) in [6.45, 7) is 1.46. The fourth-order valence-electron chi connectivity index (χ4n) is 2.88. The Morgan fingerprint density at radius 1 is 0.958 bits per heavy atom. The van der Waals surface area contributed by atoms with Crippen LogP contribution in [0.15, 0.2) is 54.6 Å². The summed E-state index contributed by atoms with van der Waals surface area (Å²) in [6.07, 6.45) is 1.15. The molecule has 124 valence electrons. The number of benzene rings is 2. The van der Waals surface area contributed by atoms with E-state index in [9.17, 15) is 9.59 Å². The Bertz CT molecular complexity index is 710. The lowest BCUT2D eigenvalue weighted by Gasteiger charge is -2.32. The van der Waals surface area contributed by atoms with Crippen molar-refractivity contribution in [2.24, 2.45) is 0 Å². The zero-order valence-corrected chi connectivity index (χ0v) is 13.9. The van der Waals surface area contributed by atoms with Crippen molar-refractivity contribution in [1.82, 2.24) is 9.80 Å². The predicted octanol–water partition coefficient (Wildman–Crippen LogP) is 2.59. The summed E-state index contributed by atoms with van der Waals surface area (Å²) in [7, 11) is 1.78. The van der Waals surface area contributed by atoms with Crippen LogP contribution >= 0.6 is 0 Å². The first-order valence-electron chi connectivity index (χ1n) is 8.29. The van der Waals surface area contributed by atoms with Gasteiger partial charge in [0, 0.05) is 26.6 Å². The van der Waals surface area contributed by atoms with E-state index in [4.69, 9.17) is 0 Å². The maximum absolute atomic E-state index is 12.3. The van der Waals surface area contributed by atoms with E-state index in [1.54, 1.807) is 16.8 Å². The van der Waals surface area contributed by atoms with Crippen LogP contribution in [0.2, 0.25) is 0 Å². The van der Waals surface area contributed by atoms with Gasteiger partial charge in [0.1, 0.15) is 0 Å². The minimum atomic E-state index is 0.0156. The van der Waals surface area contributed by atoms with Gasteiger partial charge in [0.05, 0.1) is 6.54 Å². The molecule has 0 N–H and O–H groups in total. The van der Waals surface area contributed by atoms with E-state index in [2.05, 4.69) is 36.4 Å². The van der Waals surface area contributed by atoms with Crippen LogP contribution in [-0.2, 0) is 16.0 Å². The molecule has 0 radical (unpaired) electrons. The second-order valence-electron chi connectivity index (χ2n) is 6.19. The highest BCUT2D eigenvalue weighted by molar-refractivity contribution is 5.86. The van der Waals surface area contributed by atoms with Crippen LogP contribution in [0.5, 0.6) is 0 Å². The molecule has 4 nitrogen and oxygen atoms in total. The molecule has 1 fully saturated rings. The number of carbonyl (C=O) groups excluding carboxylic acids is 2. The lowest BCUT2D eigenvalue weighted by Crippen LogP contribution is -2.50. The van der Waals surface area contributed by atoms with Crippen molar-refractivity contribution in [2.45, 2.75) is 12.8 Å². The van der Waals surface area contributed by atoms with E-state index in [0.29, 0.717) is 25.9 Å². The van der Waals surface area contributed by atoms with Gasteiger partial charge in [-0.2, -0.15) is 0 Å². The standard InChI is InChI=1S/C20H22N2O2/c1-21-13-14-22(15-20(21)24)19(23)12-9-16-7-10-18(11-8-16)17-5-3-2-4-6-17/h2-8,10-11H,9,12-15H2,1H3. The summed E-state index contributed by atoms with van der Waals surface area (Å²) < 4.78 is 0. The van der Waals surface area contributed by atoms with Crippen molar-refractivity contribution in [3.63, 3.8) is 0 Å². The lowest BCUT2D eigenvalue weighted by atomic mass is 10.0. The highest BCUT2D eigenvalue weighted by Crippen LogP contribution is 2.19. The van der Waals surface area contributed by atoms with E-state index in [0.717, 1.165) is 5.56 Å². The number of likely N-dealkylation sites (N-methyl/N-ethyl adjacent to an activating group) is 1. The van der Waals surface area contributed by atoms with Gasteiger partial charge in [0.25, 0.3) is 0 Å². The van der Waals surface area contributed by atoms with Gasteiger partial charge < -0.3 is 9.80 Å². The third kappa shape index (κ3) is 3.82. The quantitative estimate of drug-likeness (QED) is 0.868. The van der Waals surface area contributed by atoms with Crippen molar-refractivity contribution in [2.75, 3.05) is 26.7 Å². The van der Waals surface area contributed by atoms with E-state index in [1.807, 2.05) is 18.2 Å². The summed E-state index contributed by atoms with van der Waals surface area (Å²) >= 11 is 0. The molecule has 2 aromatic rings. The van der Waals surface area contributed by atoms with Crippen molar-refractivity contribution in [3.05, 3.63) is 60.2 Å². The van der Waals surface area contributed by atoms with Crippen molar-refractivity contribution >= 4 is 11.8 Å². The average Bonchev–Trinajstić information content (AvgIpc) is 2.63. The Morgan fingerprint density at radius 3 is 2.29 bits per heavy atom. The second kappa shape index (κ2) is 7.30. The van der Waals surface area contributed by atoms with Crippen molar-refractivity contribution < 1.29 is 9.59 Å². The van der Waals surface area contributed by atoms with Gasteiger partial charge in [-0.25, -0.2) is 0 Å². The highest BCUT2D eigenvalue weighted by atomic mass is 16.2. The molecule has 1 heterocycles. The molecule has 0 saturated carbocycles. The molecule has 0 unspecified atom stereocenters. The molecule has 24 heavy (non-hydrogen) atoms. The van der Waals surface area contributed by atoms with Crippen LogP contribution in [0.1, 0.15) is 12.0 Å². The maximum Gasteiger partial charge on any atom is 0.241 e. The SMILES string of the molecule is CN1CCN(C(=O)CCc2ccc(-c3ccccc3)cc2)CC1=O. The van der Waals surface area contributed by atoms with Gasteiger partial charge in [-0.3, -0.25) is 9.59 Å². The predicted molar refractivity (Wildman–Crippen MR) is 94.4 cm³/mol. The fourth-order valence-corrected chi connectivity index (χ4v) is 2.88. The van der Waals surface area contributed by atoms with Crippen LogP contribution in [-0.4, -0.2) is 48.3 Å². The van der Waals surface area contributed by atoms with E-state index >= 15 is 0 Å². The number of hydrogen-bond donors (Lipinski definition) is 0. The molecular formula is C20H22N2O2. The van der Waals surface area contributed by atoms with Gasteiger partial charge in [0.2, 0.25) is 11.8 Å². The van der Waals surface area contributed by atoms with Crippen molar-refractivity contribution in [1.29, 1.82) is 0 Å². The van der Waals surface area contributed by atoms with Crippen LogP contribution in [0.4, 0.5) is 0 Å². The highest BCUT2D eigenvalue weighted by Gasteiger charge is 2.24. The smallest absolute Gasteiger partial charge is 0.241 e. The first-order valence-corrected chi connectivity index (χ1v) is 8.29. The maximum atomic E-state index is 12.3. The van der Waals surface area contributed by atoms with E-state index in [1.165, 1.54) is 11.1 Å². The Balaban J connectivity index is 1.55. The fraction of sp³-hybridized carbons (Fsp3) is 0.300. The summed E-state index contributed by atoms with van der Waals surface area (Å²) in [5, 5.41) is 0. The Kier molecular flexibility index (Phi) is 4.94. The van der Waals surface area contributed by atoms with E-state index < -0.39 is 0 Å². The molecule has 0 spiro atoms. The molecular weight excluding hydrogens is 300 g/mol. The third-order valence-corrected chi connectivity index (χ3v) is 4.50. The normalized spacial score (nSPS) is 14.8. The molecule has 2 amide bonds. The average molecular weight is 322 g/mol. The number of rotatable bonds is 4. The summed E-state index contributed by atoms with van der Waals surface area (Å²) in [4.78, 5) is 27.3. The van der Waals surface area contributed by atoms with Crippen LogP contribution in [0.3, 0.4) is 0 Å². The molecule has 3 rings (SSSR count). The number of amides is 2. The third-order valence-electron chi connectivity index (χ3n) is 4.50. The number of carbonyl (C=O) groups is 2. The molecule has 4 heteroatoms. The second-order valence-corrected chi connectivity index (χ2v) is 6.19. The number of nitrogens with zero attached hydrogens (tertiary/aromatic N) is 2. The Labute approximate surface area is 142 Å². The van der Waals surface area contributed by atoms with Gasteiger partial charge >= 0.3 is 0 Å². The molecule has 0 bridgehead atoms. The van der Waals surface area contributed by atoms with Crippen molar-refractivity contribution in [3.8, 4) is 11.1 Å². The molecule has 1 aliphatic rings. The molecule has 0 aromatic heterocycles. The summed E-state index contributed by atoms with van der Waals surface area (Å²) in [5.41, 5.74) is 3.51. The number of hydrogen-bond acceptors (Lipinski definition) is 2. The van der Waals surface area contributed by atoms with Crippen LogP contribution in [0, 0.1) is 0 Å². The Hall–Kier alpha value is -2.62. The summed E-state index contributed by atoms with van der Waals surface area (Å²) in [5.74, 6) is 0.0744. The first-order chi connectivity index (χ1) is 11.6. The van der Waals surface area contributed by atoms with E-state index in [-0.39, 0.29) is 18.4 Å². The molecule has 1 aliphatic heterocycles. The first kappa shape index (κ1) is 16.2. The Morgan fingerprint density at radius 2 is 1.62 bits per heavy atom. The minimum Gasteiger partial charge on any atom is -0.342 e. The topological polar surface area (TPSA) is 40.6 Å². The minimum absolute atomic E-state index is 0.0156. The molecule has 1 saturated heterocycles. The molecule has 0 atom stereocenters. The van der Waals surface area contributed by atoms with Crippen LogP contribution < -0.4 is 0 Å². The van der Waals surface area contributed by atoms with Crippen LogP contribution in [0.25, 0.3) is 11.1 Å². The summed E-state index contributed by atoms with van der Waals surface area (Å²) in [6, 6.07) is 18.6. The van der Waals surface area contributed by atoms with Gasteiger partial charge in [-0.05, 0) is 23.1 Å². The number of aryl methyl sites for hydroxylation is 1. The lowest BCUT2D eigenvalue weighted by molar-refractivity contribution is -0.144. The zero-order valence-electron chi connectivity index (χ0n) is 13.9. The zero-order chi connectivity index (χ0) is 16.9. The molecule has 2 aromatic carbocycles. The number of piperazine rings is 1. The monoisotopic (exact) mass is 322 g/mol. The van der Waals surface area contributed by atoms with Gasteiger partial charge in [-0.1, -0.05) is 54.6 Å². The van der Waals surface area contributed by atoms with Gasteiger partial charge in [0.15, 0.2) is 0 Å². The molecule has 0 aliphatic carbocycles. The van der Waals surface area contributed by atoms with Gasteiger partial charge in [-0.15, -0.1) is 0 Å². The largest absolute Gasteiger partial charge is 0.342 e.